The van der Waals surface area contributed by atoms with Crippen LogP contribution in [-0.2, 0) is 20.2 Å². The third-order valence-electron chi connectivity index (χ3n) is 8.04. The van der Waals surface area contributed by atoms with Crippen LogP contribution in [-0.4, -0.2) is 38.4 Å². The number of imidazole rings is 1. The van der Waals surface area contributed by atoms with Gasteiger partial charge in [0.2, 0.25) is 0 Å². The minimum absolute atomic E-state index is 0.130. The Bertz CT molecular complexity index is 1990. The normalized spacial score (nSPS) is 19.1. The first-order chi connectivity index (χ1) is 19.9. The molecule has 0 amide bonds. The van der Waals surface area contributed by atoms with Crippen LogP contribution in [0.2, 0.25) is 0 Å². The molecule has 0 aliphatic carbocycles. The van der Waals surface area contributed by atoms with Crippen LogP contribution in [0.4, 0.5) is 5.82 Å². The summed E-state index contributed by atoms with van der Waals surface area (Å²) in [6.45, 7) is 0.140. The van der Waals surface area contributed by atoms with Crippen LogP contribution in [0.5, 0.6) is 0 Å². The number of nitrogens with zero attached hydrogens (tertiary/aromatic N) is 3. The fourth-order valence-electron chi connectivity index (χ4n) is 6.13. The molecule has 0 radical (unpaired) electrons. The predicted octanol–water partition coefficient (Wildman–Crippen LogP) is 4.87. The van der Waals surface area contributed by atoms with Gasteiger partial charge in [0.25, 0.3) is 0 Å². The highest BCUT2D eigenvalue weighted by Gasteiger charge is 2.31. The number of fused-ring (bicyclic) bond motifs is 1. The maximum atomic E-state index is 12.7. The third-order valence-corrected chi connectivity index (χ3v) is 9.47. The number of hydrogen-bond acceptors (Lipinski definition) is 8. The molecule has 1 aliphatic rings. The Kier molecular flexibility index (Phi) is 6.51. The Morgan fingerprint density at radius 3 is 2.63 bits per heavy atom. The lowest BCUT2D eigenvalue weighted by atomic mass is 9.91. The van der Waals surface area contributed by atoms with Crippen molar-refractivity contribution in [3.8, 4) is 0 Å². The molecule has 0 saturated carbocycles. The number of unbranched alkanes of at least 4 members (excludes halogenated alkanes) is 1. The van der Waals surface area contributed by atoms with Crippen molar-refractivity contribution in [1.29, 1.82) is 0 Å². The van der Waals surface area contributed by atoms with Gasteiger partial charge < -0.3 is 24.5 Å². The van der Waals surface area contributed by atoms with Crippen LogP contribution < -0.4 is 16.3 Å². The minimum atomic E-state index is -4.09. The number of rotatable bonds is 9. The van der Waals surface area contributed by atoms with E-state index < -0.39 is 25.6 Å². The highest BCUT2D eigenvalue weighted by molar-refractivity contribution is 7.51. The number of hydrogen-bond donors (Lipinski definition) is 2. The Balaban J connectivity index is 0.944. The Morgan fingerprint density at radius 1 is 1.05 bits per heavy atom. The van der Waals surface area contributed by atoms with Crippen molar-refractivity contribution in [3.63, 3.8) is 0 Å². The van der Waals surface area contributed by atoms with Crippen molar-refractivity contribution in [3.05, 3.63) is 77.0 Å². The van der Waals surface area contributed by atoms with E-state index >= 15 is 0 Å². The van der Waals surface area contributed by atoms with Crippen LogP contribution in [0.25, 0.3) is 43.5 Å². The molecule has 0 spiro atoms. The molecule has 0 bridgehead atoms. The monoisotopic (exact) mass is 570 g/mol. The van der Waals surface area contributed by atoms with Crippen LogP contribution in [0.1, 0.15) is 37.5 Å². The van der Waals surface area contributed by atoms with Crippen LogP contribution in [0, 0.1) is 0 Å². The van der Waals surface area contributed by atoms with Gasteiger partial charge in [-0.2, -0.15) is 4.98 Å². The number of H-pyrrole nitrogens is 1. The smallest absolute Gasteiger partial charge is 0.348 e. The average molecular weight is 571 g/mol. The van der Waals surface area contributed by atoms with E-state index in [-0.39, 0.29) is 18.6 Å². The highest BCUT2D eigenvalue weighted by Crippen LogP contribution is 2.43. The molecular weight excluding hydrogens is 541 g/mol. The van der Waals surface area contributed by atoms with Crippen LogP contribution in [0.3, 0.4) is 0 Å². The number of aromatic nitrogens is 4. The first-order valence-corrected chi connectivity index (χ1v) is 15.6. The standard InChI is InChI=1S/C30H30N5O5P/c31-28-27-29(34-30(36)33-28)35(17-32-27)24-14-12-22(40-24)16-41(37,38)39-15-2-1-4-18-7-8-21-10-9-19-5-3-6-20-11-13-23(18)26(21)25(19)20/h3,5-11,13,17,22,24H,1-2,4,12,14-16H2,(H,37,38)(H3,31,33,34,36)/p-1/t22-,24+/m0/s1. The Labute approximate surface area is 235 Å². The summed E-state index contributed by atoms with van der Waals surface area (Å²) in [5.74, 6) is 0.130. The molecule has 1 fully saturated rings. The topological polar surface area (TPSA) is 148 Å². The van der Waals surface area contributed by atoms with Gasteiger partial charge in [0, 0.05) is 6.16 Å². The second-order valence-electron chi connectivity index (χ2n) is 10.7. The molecule has 11 heteroatoms. The van der Waals surface area contributed by atoms with Gasteiger partial charge in [-0.3, -0.25) is 9.55 Å². The lowest BCUT2D eigenvalue weighted by molar-refractivity contribution is -0.200. The molecule has 210 valence electrons. The first kappa shape index (κ1) is 26.1. The zero-order valence-electron chi connectivity index (χ0n) is 22.3. The fourth-order valence-corrected chi connectivity index (χ4v) is 7.41. The maximum Gasteiger partial charge on any atom is 0.348 e. The number of aryl methyl sites for hydroxylation is 1. The lowest BCUT2D eigenvalue weighted by Gasteiger charge is -2.26. The van der Waals surface area contributed by atoms with E-state index in [1.54, 1.807) is 4.57 Å². The van der Waals surface area contributed by atoms with Crippen molar-refractivity contribution >= 4 is 56.9 Å². The quantitative estimate of drug-likeness (QED) is 0.142. The van der Waals surface area contributed by atoms with Gasteiger partial charge in [-0.1, -0.05) is 54.6 Å². The van der Waals surface area contributed by atoms with Gasteiger partial charge in [-0.25, -0.2) is 9.78 Å². The molecule has 3 heterocycles. The van der Waals surface area contributed by atoms with Gasteiger partial charge in [-0.05, 0) is 70.0 Å². The van der Waals surface area contributed by atoms with Crippen molar-refractivity contribution in [1.82, 2.24) is 19.5 Å². The number of nitrogens with two attached hydrogens (primary N) is 1. The van der Waals surface area contributed by atoms with E-state index in [2.05, 4.69) is 69.5 Å². The fraction of sp³-hybridized carbons (Fsp3) is 0.300. The number of aromatic amines is 1. The van der Waals surface area contributed by atoms with E-state index in [4.69, 9.17) is 15.0 Å². The predicted molar refractivity (Wildman–Crippen MR) is 157 cm³/mol. The molecule has 6 aromatic rings. The van der Waals surface area contributed by atoms with E-state index in [1.807, 2.05) is 0 Å². The summed E-state index contributed by atoms with van der Waals surface area (Å²) in [5, 5.41) is 7.56. The molecule has 3 N–H and O–H groups in total. The molecule has 1 unspecified atom stereocenters. The van der Waals surface area contributed by atoms with Gasteiger partial charge in [-0.15, -0.1) is 0 Å². The Morgan fingerprint density at radius 2 is 1.80 bits per heavy atom. The van der Waals surface area contributed by atoms with Gasteiger partial charge in [0.15, 0.2) is 5.65 Å². The minimum Gasteiger partial charge on any atom is -0.778 e. The number of nitrogens with one attached hydrogen (secondary N) is 1. The van der Waals surface area contributed by atoms with Crippen LogP contribution in [0.15, 0.2) is 65.7 Å². The van der Waals surface area contributed by atoms with E-state index in [0.717, 1.165) is 12.8 Å². The zero-order chi connectivity index (χ0) is 28.1. The van der Waals surface area contributed by atoms with E-state index in [1.165, 1.54) is 44.2 Å². The summed E-state index contributed by atoms with van der Waals surface area (Å²) in [5.41, 5.74) is 7.19. The molecule has 3 atom stereocenters. The van der Waals surface area contributed by atoms with Gasteiger partial charge in [0.1, 0.15) is 25.2 Å². The molecule has 41 heavy (non-hydrogen) atoms. The average Bonchev–Trinajstić information content (AvgIpc) is 3.58. The third kappa shape index (κ3) is 4.87. The molecule has 1 saturated heterocycles. The molecular formula is C30H29N5O5P-. The van der Waals surface area contributed by atoms with Gasteiger partial charge >= 0.3 is 5.69 Å². The number of ether oxygens (including phenoxy) is 1. The van der Waals surface area contributed by atoms with Gasteiger partial charge in [0.05, 0.1) is 19.0 Å². The second-order valence-corrected chi connectivity index (χ2v) is 12.6. The maximum absolute atomic E-state index is 12.7. The second kappa shape index (κ2) is 10.2. The molecule has 1 aliphatic heterocycles. The summed E-state index contributed by atoms with van der Waals surface area (Å²) >= 11 is 0. The summed E-state index contributed by atoms with van der Waals surface area (Å²) < 4.78 is 25.7. The van der Waals surface area contributed by atoms with Crippen molar-refractivity contribution in [2.24, 2.45) is 0 Å². The van der Waals surface area contributed by atoms with E-state index in [0.29, 0.717) is 30.4 Å². The molecule has 2 aromatic heterocycles. The van der Waals surface area contributed by atoms with Crippen molar-refractivity contribution in [2.75, 3.05) is 18.5 Å². The summed E-state index contributed by atoms with van der Waals surface area (Å²) in [6, 6.07) is 19.5. The Hall–Kier alpha value is -3.82. The van der Waals surface area contributed by atoms with Crippen molar-refractivity contribution < 1.29 is 18.7 Å². The molecule has 10 nitrogen and oxygen atoms in total. The lowest BCUT2D eigenvalue weighted by Crippen LogP contribution is -2.21. The zero-order valence-corrected chi connectivity index (χ0v) is 23.2. The summed E-state index contributed by atoms with van der Waals surface area (Å²) in [7, 11) is -4.09. The highest BCUT2D eigenvalue weighted by atomic mass is 31.2. The SMILES string of the molecule is Nc1[nH]c(=O)nc2c1ncn2[C@H]1CC[C@@H](CP(=O)([O-])OCCCCc2ccc3ccc4cccc5ccc2c3c45)O1. The van der Waals surface area contributed by atoms with Crippen molar-refractivity contribution in [2.45, 2.75) is 44.4 Å². The molecule has 4 aromatic carbocycles. The summed E-state index contributed by atoms with van der Waals surface area (Å²) in [6.07, 6.45) is 3.68. The summed E-state index contributed by atoms with van der Waals surface area (Å²) in [4.78, 5) is 35.0. The first-order valence-electron chi connectivity index (χ1n) is 13.8. The number of anilines is 1. The van der Waals surface area contributed by atoms with E-state index in [9.17, 15) is 14.3 Å². The number of nitrogen functional groups attached to an aromatic ring is 1. The number of benzene rings is 4. The van der Waals surface area contributed by atoms with Crippen LogP contribution >= 0.6 is 7.60 Å². The largest absolute Gasteiger partial charge is 0.778 e. The molecule has 7 rings (SSSR count).